The number of allylic oxidation sites excluding steroid dienone is 1. The molecule has 0 radical (unpaired) electrons. The smallest absolute Gasteiger partial charge is 0.336 e. The maximum absolute atomic E-state index is 13.4. The average molecular weight is 224 g/mol. The van der Waals surface area contributed by atoms with Crippen molar-refractivity contribution in [3.8, 4) is 5.75 Å². The monoisotopic (exact) mass is 224 g/mol. The molecular weight excluding hydrogens is 211 g/mol. The van der Waals surface area contributed by atoms with Crippen molar-refractivity contribution < 1.29 is 19.0 Å². The van der Waals surface area contributed by atoms with Crippen LogP contribution in [0.4, 0.5) is 4.39 Å². The van der Waals surface area contributed by atoms with Crippen LogP contribution in [0.3, 0.4) is 0 Å². The van der Waals surface area contributed by atoms with Gasteiger partial charge < -0.3 is 9.84 Å². The minimum absolute atomic E-state index is 0.0993. The van der Waals surface area contributed by atoms with E-state index in [2.05, 4.69) is 0 Å². The number of hydrogen-bond acceptors (Lipinski definition) is 2. The SMILES string of the molecule is COc1ccc(C(C(=O)O)=C(C)C)cc1F. The molecule has 0 saturated heterocycles. The highest BCUT2D eigenvalue weighted by molar-refractivity contribution is 6.16. The van der Waals surface area contributed by atoms with Gasteiger partial charge in [-0.2, -0.15) is 0 Å². The minimum atomic E-state index is -1.07. The fraction of sp³-hybridized carbons (Fsp3) is 0.250. The summed E-state index contributed by atoms with van der Waals surface area (Å²) >= 11 is 0. The third-order valence-electron chi connectivity index (χ3n) is 2.15. The van der Waals surface area contributed by atoms with Gasteiger partial charge in [0.25, 0.3) is 0 Å². The van der Waals surface area contributed by atoms with Crippen LogP contribution in [0, 0.1) is 5.82 Å². The first-order chi connectivity index (χ1) is 7.47. The van der Waals surface area contributed by atoms with E-state index < -0.39 is 11.8 Å². The lowest BCUT2D eigenvalue weighted by molar-refractivity contribution is -0.130. The third kappa shape index (κ3) is 2.39. The van der Waals surface area contributed by atoms with Crippen LogP contribution in [0.25, 0.3) is 5.57 Å². The Morgan fingerprint density at radius 1 is 1.38 bits per heavy atom. The van der Waals surface area contributed by atoms with Crippen molar-refractivity contribution in [1.29, 1.82) is 0 Å². The standard InChI is InChI=1S/C12H13FO3/c1-7(2)11(12(14)15)8-4-5-10(16-3)9(13)6-8/h4-6H,1-3H3,(H,14,15). The predicted octanol–water partition coefficient (Wildman–Crippen LogP) is 2.71. The van der Waals surface area contributed by atoms with Crippen molar-refractivity contribution in [1.82, 2.24) is 0 Å². The number of carbonyl (C=O) groups is 1. The predicted molar refractivity (Wildman–Crippen MR) is 58.9 cm³/mol. The number of carboxylic acids is 1. The van der Waals surface area contributed by atoms with Crippen LogP contribution in [0.15, 0.2) is 23.8 Å². The maximum atomic E-state index is 13.4. The third-order valence-corrected chi connectivity index (χ3v) is 2.15. The highest BCUT2D eigenvalue weighted by Crippen LogP contribution is 2.24. The van der Waals surface area contributed by atoms with Gasteiger partial charge in [-0.15, -0.1) is 0 Å². The van der Waals surface area contributed by atoms with Crippen LogP contribution in [-0.4, -0.2) is 18.2 Å². The molecule has 1 N–H and O–H groups in total. The molecule has 1 aromatic carbocycles. The van der Waals surface area contributed by atoms with E-state index in [1.165, 1.54) is 19.2 Å². The van der Waals surface area contributed by atoms with Crippen LogP contribution in [-0.2, 0) is 4.79 Å². The van der Waals surface area contributed by atoms with Crippen molar-refractivity contribution in [3.63, 3.8) is 0 Å². The Bertz CT molecular complexity index is 446. The zero-order valence-corrected chi connectivity index (χ0v) is 9.37. The van der Waals surface area contributed by atoms with Gasteiger partial charge in [0.15, 0.2) is 11.6 Å². The molecule has 0 amide bonds. The molecule has 0 fully saturated rings. The van der Waals surface area contributed by atoms with E-state index in [1.54, 1.807) is 13.8 Å². The zero-order valence-electron chi connectivity index (χ0n) is 9.37. The Balaban J connectivity index is 3.29. The Morgan fingerprint density at radius 2 is 2.00 bits per heavy atom. The fourth-order valence-electron chi connectivity index (χ4n) is 1.45. The Hall–Kier alpha value is -1.84. The van der Waals surface area contributed by atoms with Gasteiger partial charge in [0.1, 0.15) is 0 Å². The molecule has 0 unspecified atom stereocenters. The average Bonchev–Trinajstić information content (AvgIpc) is 2.16. The van der Waals surface area contributed by atoms with E-state index in [0.717, 1.165) is 6.07 Å². The van der Waals surface area contributed by atoms with Gasteiger partial charge in [0.2, 0.25) is 0 Å². The quantitative estimate of drug-likeness (QED) is 0.803. The zero-order chi connectivity index (χ0) is 12.3. The van der Waals surface area contributed by atoms with Crippen molar-refractivity contribution in [2.45, 2.75) is 13.8 Å². The lowest BCUT2D eigenvalue weighted by Crippen LogP contribution is -2.02. The van der Waals surface area contributed by atoms with E-state index in [4.69, 9.17) is 9.84 Å². The molecule has 4 heteroatoms. The summed E-state index contributed by atoms with van der Waals surface area (Å²) < 4.78 is 18.2. The number of methoxy groups -OCH3 is 1. The van der Waals surface area contributed by atoms with Crippen molar-refractivity contribution in [2.75, 3.05) is 7.11 Å². The van der Waals surface area contributed by atoms with Crippen LogP contribution in [0.2, 0.25) is 0 Å². The molecule has 0 bridgehead atoms. The first-order valence-electron chi connectivity index (χ1n) is 4.72. The number of ether oxygens (including phenoxy) is 1. The molecule has 16 heavy (non-hydrogen) atoms. The number of aliphatic carboxylic acids is 1. The molecule has 86 valence electrons. The molecule has 1 aromatic rings. The summed E-state index contributed by atoms with van der Waals surface area (Å²) in [6.45, 7) is 3.34. The van der Waals surface area contributed by atoms with E-state index in [1.807, 2.05) is 0 Å². The van der Waals surface area contributed by atoms with E-state index in [0.29, 0.717) is 11.1 Å². The number of benzene rings is 1. The molecule has 1 rings (SSSR count). The summed E-state index contributed by atoms with van der Waals surface area (Å²) in [7, 11) is 1.36. The molecule has 0 saturated carbocycles. The summed E-state index contributed by atoms with van der Waals surface area (Å²) in [6, 6.07) is 4.10. The van der Waals surface area contributed by atoms with Gasteiger partial charge in [-0.05, 0) is 31.5 Å². The number of halogens is 1. The number of carboxylic acid groups (broad SMARTS) is 1. The second kappa shape index (κ2) is 4.79. The highest BCUT2D eigenvalue weighted by atomic mass is 19.1. The highest BCUT2D eigenvalue weighted by Gasteiger charge is 2.14. The number of hydrogen-bond donors (Lipinski definition) is 1. The van der Waals surface area contributed by atoms with Crippen LogP contribution >= 0.6 is 0 Å². The molecule has 0 aliphatic rings. The Labute approximate surface area is 93.2 Å². The summed E-state index contributed by atoms with van der Waals surface area (Å²) in [6.07, 6.45) is 0. The lowest BCUT2D eigenvalue weighted by atomic mass is 10.0. The van der Waals surface area contributed by atoms with E-state index in [-0.39, 0.29) is 11.3 Å². The normalized spacial score (nSPS) is 9.75. The molecule has 0 aliphatic heterocycles. The minimum Gasteiger partial charge on any atom is -0.494 e. The van der Waals surface area contributed by atoms with E-state index in [9.17, 15) is 9.18 Å². The van der Waals surface area contributed by atoms with Gasteiger partial charge in [-0.3, -0.25) is 0 Å². The van der Waals surface area contributed by atoms with Crippen molar-refractivity contribution in [3.05, 3.63) is 35.2 Å². The summed E-state index contributed by atoms with van der Waals surface area (Å²) in [5.41, 5.74) is 1.07. The molecule has 0 aliphatic carbocycles. The van der Waals surface area contributed by atoms with E-state index >= 15 is 0 Å². The van der Waals surface area contributed by atoms with Gasteiger partial charge in [0, 0.05) is 0 Å². The summed E-state index contributed by atoms with van der Waals surface area (Å²) in [4.78, 5) is 11.0. The molecule has 0 aromatic heterocycles. The Kier molecular flexibility index (Phi) is 3.66. The molecule has 0 atom stereocenters. The van der Waals surface area contributed by atoms with Crippen molar-refractivity contribution >= 4 is 11.5 Å². The van der Waals surface area contributed by atoms with Crippen molar-refractivity contribution in [2.24, 2.45) is 0 Å². The summed E-state index contributed by atoms with van der Waals surface area (Å²) in [5.74, 6) is -1.54. The van der Waals surface area contributed by atoms with Gasteiger partial charge in [-0.25, -0.2) is 9.18 Å². The molecular formula is C12H13FO3. The first kappa shape index (κ1) is 12.2. The lowest BCUT2D eigenvalue weighted by Gasteiger charge is -2.07. The second-order valence-corrected chi connectivity index (χ2v) is 3.53. The summed E-state index contributed by atoms with van der Waals surface area (Å²) in [5, 5.41) is 9.00. The molecule has 3 nitrogen and oxygen atoms in total. The second-order valence-electron chi connectivity index (χ2n) is 3.53. The van der Waals surface area contributed by atoms with Gasteiger partial charge >= 0.3 is 5.97 Å². The fourth-order valence-corrected chi connectivity index (χ4v) is 1.45. The van der Waals surface area contributed by atoms with Gasteiger partial charge in [-0.1, -0.05) is 11.6 Å². The first-order valence-corrected chi connectivity index (χ1v) is 4.72. The van der Waals surface area contributed by atoms with Crippen LogP contribution in [0.5, 0.6) is 5.75 Å². The van der Waals surface area contributed by atoms with Crippen LogP contribution < -0.4 is 4.74 Å². The van der Waals surface area contributed by atoms with Gasteiger partial charge in [0.05, 0.1) is 12.7 Å². The topological polar surface area (TPSA) is 46.5 Å². The maximum Gasteiger partial charge on any atom is 0.336 e. The molecule has 0 spiro atoms. The van der Waals surface area contributed by atoms with Crippen LogP contribution in [0.1, 0.15) is 19.4 Å². The molecule has 0 heterocycles. The Morgan fingerprint density at radius 3 is 2.38 bits per heavy atom. The number of rotatable bonds is 3. The largest absolute Gasteiger partial charge is 0.494 e.